The van der Waals surface area contributed by atoms with Crippen LogP contribution in [0.1, 0.15) is 22.8 Å². The van der Waals surface area contributed by atoms with Gasteiger partial charge in [-0.05, 0) is 42.3 Å². The van der Waals surface area contributed by atoms with Crippen molar-refractivity contribution >= 4 is 17.3 Å². The Balaban J connectivity index is 2.18. The average Bonchev–Trinajstić information content (AvgIpc) is 2.47. The van der Waals surface area contributed by atoms with E-state index < -0.39 is 0 Å². The molecule has 0 aliphatic rings. The first-order valence-corrected chi connectivity index (χ1v) is 6.62. The van der Waals surface area contributed by atoms with Crippen LogP contribution in [-0.4, -0.2) is 18.1 Å². The number of carbonyl (C=O) groups is 1. The van der Waals surface area contributed by atoms with E-state index in [1.165, 1.54) is 13.2 Å². The van der Waals surface area contributed by atoms with Gasteiger partial charge in [0.1, 0.15) is 0 Å². The lowest BCUT2D eigenvalue weighted by atomic mass is 10.1. The highest BCUT2D eigenvalue weighted by molar-refractivity contribution is 6.04. The Morgan fingerprint density at radius 1 is 1.29 bits per heavy atom. The van der Waals surface area contributed by atoms with Crippen LogP contribution in [0.5, 0.6) is 11.5 Å². The minimum atomic E-state index is -0.323. The molecule has 0 saturated carbocycles. The van der Waals surface area contributed by atoms with Crippen LogP contribution in [0.2, 0.25) is 0 Å². The van der Waals surface area contributed by atoms with E-state index in [0.29, 0.717) is 22.7 Å². The Morgan fingerprint density at radius 2 is 2.05 bits per heavy atom. The Bertz CT molecular complexity index is 669. The number of nitrogen functional groups attached to an aromatic ring is 1. The number of amides is 1. The Hall–Kier alpha value is -2.69. The van der Waals surface area contributed by atoms with Gasteiger partial charge in [-0.1, -0.05) is 13.0 Å². The van der Waals surface area contributed by atoms with Crippen LogP contribution in [0, 0.1) is 0 Å². The number of benzene rings is 2. The molecular formula is C16H18N2O3. The molecule has 2 aromatic rings. The Kier molecular flexibility index (Phi) is 4.33. The van der Waals surface area contributed by atoms with Crippen molar-refractivity contribution in [2.45, 2.75) is 13.3 Å². The van der Waals surface area contributed by atoms with Crippen molar-refractivity contribution in [2.24, 2.45) is 0 Å². The number of phenolic OH excluding ortho intramolecular Hbond substituents is 1. The number of aromatic hydroxyl groups is 1. The van der Waals surface area contributed by atoms with Crippen LogP contribution in [-0.2, 0) is 6.42 Å². The number of nitrogens with two attached hydrogens (primary N) is 1. The lowest BCUT2D eigenvalue weighted by Crippen LogP contribution is -2.12. The van der Waals surface area contributed by atoms with E-state index in [-0.39, 0.29) is 11.7 Å². The van der Waals surface area contributed by atoms with E-state index in [4.69, 9.17) is 10.5 Å². The standard InChI is InChI=1S/C16H18N2O3/c1-3-10-4-6-12(9-13(10)17)18-16(20)11-5-7-15(21-2)14(19)8-11/h4-9,19H,3,17H2,1-2H3,(H,18,20). The number of carbonyl (C=O) groups excluding carboxylic acids is 1. The molecule has 0 atom stereocenters. The maximum Gasteiger partial charge on any atom is 0.255 e. The topological polar surface area (TPSA) is 84.6 Å². The van der Waals surface area contributed by atoms with Crippen LogP contribution in [0.3, 0.4) is 0 Å². The maximum absolute atomic E-state index is 12.1. The molecule has 0 heterocycles. The molecule has 0 aliphatic carbocycles. The molecule has 5 heteroatoms. The summed E-state index contributed by atoms with van der Waals surface area (Å²) < 4.78 is 4.94. The van der Waals surface area contributed by atoms with Gasteiger partial charge in [-0.2, -0.15) is 0 Å². The van der Waals surface area contributed by atoms with Gasteiger partial charge >= 0.3 is 0 Å². The molecule has 4 N–H and O–H groups in total. The molecule has 0 fully saturated rings. The van der Waals surface area contributed by atoms with E-state index in [1.54, 1.807) is 24.3 Å². The first-order valence-electron chi connectivity index (χ1n) is 6.62. The number of anilines is 2. The summed E-state index contributed by atoms with van der Waals surface area (Å²) in [6.45, 7) is 2.02. The van der Waals surface area contributed by atoms with Crippen molar-refractivity contribution in [3.05, 3.63) is 47.5 Å². The van der Waals surface area contributed by atoms with Gasteiger partial charge in [-0.25, -0.2) is 0 Å². The third-order valence-electron chi connectivity index (χ3n) is 3.23. The lowest BCUT2D eigenvalue weighted by Gasteiger charge is -2.09. The van der Waals surface area contributed by atoms with Crippen molar-refractivity contribution in [3.8, 4) is 11.5 Å². The van der Waals surface area contributed by atoms with Crippen molar-refractivity contribution in [2.75, 3.05) is 18.2 Å². The highest BCUT2D eigenvalue weighted by Gasteiger charge is 2.10. The summed E-state index contributed by atoms with van der Waals surface area (Å²) in [5.74, 6) is -0.0781. The fraction of sp³-hybridized carbons (Fsp3) is 0.188. The number of hydrogen-bond donors (Lipinski definition) is 3. The minimum absolute atomic E-state index is 0.0778. The predicted octanol–water partition coefficient (Wildman–Crippen LogP) is 2.80. The third kappa shape index (κ3) is 3.25. The largest absolute Gasteiger partial charge is 0.504 e. The molecule has 1 amide bonds. The highest BCUT2D eigenvalue weighted by atomic mass is 16.5. The summed E-state index contributed by atoms with van der Waals surface area (Å²) in [5, 5.41) is 12.4. The van der Waals surface area contributed by atoms with Crippen molar-refractivity contribution in [1.29, 1.82) is 0 Å². The van der Waals surface area contributed by atoms with Crippen molar-refractivity contribution < 1.29 is 14.6 Å². The van der Waals surface area contributed by atoms with Crippen LogP contribution >= 0.6 is 0 Å². The zero-order valence-corrected chi connectivity index (χ0v) is 12.0. The van der Waals surface area contributed by atoms with Crippen LogP contribution in [0.15, 0.2) is 36.4 Å². The summed E-state index contributed by atoms with van der Waals surface area (Å²) in [5.41, 5.74) is 8.54. The molecule has 0 aromatic heterocycles. The second kappa shape index (κ2) is 6.17. The average molecular weight is 286 g/mol. The molecule has 5 nitrogen and oxygen atoms in total. The summed E-state index contributed by atoms with van der Waals surface area (Å²) in [6, 6.07) is 9.89. The fourth-order valence-electron chi connectivity index (χ4n) is 2.03. The SMILES string of the molecule is CCc1ccc(NC(=O)c2ccc(OC)c(O)c2)cc1N. The second-order valence-electron chi connectivity index (χ2n) is 4.61. The summed E-state index contributed by atoms with van der Waals surface area (Å²) in [4.78, 5) is 12.1. The first kappa shape index (κ1) is 14.7. The van der Waals surface area contributed by atoms with E-state index in [0.717, 1.165) is 12.0 Å². The summed E-state index contributed by atoms with van der Waals surface area (Å²) in [7, 11) is 1.45. The van der Waals surface area contributed by atoms with E-state index >= 15 is 0 Å². The minimum Gasteiger partial charge on any atom is -0.504 e. The van der Waals surface area contributed by atoms with Gasteiger partial charge in [0.2, 0.25) is 0 Å². The molecule has 0 aliphatic heterocycles. The number of aryl methyl sites for hydroxylation is 1. The molecule has 0 radical (unpaired) electrons. The molecule has 0 spiro atoms. The quantitative estimate of drug-likeness (QED) is 0.754. The summed E-state index contributed by atoms with van der Waals surface area (Å²) in [6.07, 6.45) is 0.840. The van der Waals surface area contributed by atoms with Gasteiger partial charge in [0, 0.05) is 16.9 Å². The summed E-state index contributed by atoms with van der Waals surface area (Å²) >= 11 is 0. The van der Waals surface area contributed by atoms with Gasteiger partial charge in [-0.3, -0.25) is 4.79 Å². The van der Waals surface area contributed by atoms with Gasteiger partial charge < -0.3 is 20.9 Å². The van der Waals surface area contributed by atoms with Gasteiger partial charge in [0.15, 0.2) is 11.5 Å². The highest BCUT2D eigenvalue weighted by Crippen LogP contribution is 2.27. The number of phenols is 1. The Morgan fingerprint density at radius 3 is 2.62 bits per heavy atom. The lowest BCUT2D eigenvalue weighted by molar-refractivity contribution is 0.102. The second-order valence-corrected chi connectivity index (χ2v) is 4.61. The number of rotatable bonds is 4. The van der Waals surface area contributed by atoms with Gasteiger partial charge in [0.25, 0.3) is 5.91 Å². The maximum atomic E-state index is 12.1. The van der Waals surface area contributed by atoms with Crippen molar-refractivity contribution in [3.63, 3.8) is 0 Å². The van der Waals surface area contributed by atoms with Crippen LogP contribution in [0.25, 0.3) is 0 Å². The molecule has 0 unspecified atom stereocenters. The fourth-order valence-corrected chi connectivity index (χ4v) is 2.03. The third-order valence-corrected chi connectivity index (χ3v) is 3.23. The smallest absolute Gasteiger partial charge is 0.255 e. The molecule has 21 heavy (non-hydrogen) atoms. The predicted molar refractivity (Wildman–Crippen MR) is 82.8 cm³/mol. The normalized spacial score (nSPS) is 10.2. The molecule has 110 valence electrons. The van der Waals surface area contributed by atoms with Crippen LogP contribution < -0.4 is 15.8 Å². The van der Waals surface area contributed by atoms with Gasteiger partial charge in [0.05, 0.1) is 7.11 Å². The zero-order chi connectivity index (χ0) is 15.4. The number of methoxy groups -OCH3 is 1. The van der Waals surface area contributed by atoms with Crippen LogP contribution in [0.4, 0.5) is 11.4 Å². The number of ether oxygens (including phenoxy) is 1. The molecule has 2 aromatic carbocycles. The molecule has 2 rings (SSSR count). The van der Waals surface area contributed by atoms with E-state index in [2.05, 4.69) is 5.32 Å². The molecular weight excluding hydrogens is 268 g/mol. The van der Waals surface area contributed by atoms with Gasteiger partial charge in [-0.15, -0.1) is 0 Å². The number of hydrogen-bond acceptors (Lipinski definition) is 4. The first-order chi connectivity index (χ1) is 10.0. The molecule has 0 saturated heterocycles. The monoisotopic (exact) mass is 286 g/mol. The zero-order valence-electron chi connectivity index (χ0n) is 12.0. The molecule has 0 bridgehead atoms. The van der Waals surface area contributed by atoms with Crippen molar-refractivity contribution in [1.82, 2.24) is 0 Å². The van der Waals surface area contributed by atoms with E-state index in [9.17, 15) is 9.90 Å². The number of nitrogens with one attached hydrogen (secondary N) is 1. The Labute approximate surface area is 123 Å². The van der Waals surface area contributed by atoms with E-state index in [1.807, 2.05) is 13.0 Å².